The summed E-state index contributed by atoms with van der Waals surface area (Å²) in [7, 11) is 1.47. The molecule has 2 aromatic carbocycles. The van der Waals surface area contributed by atoms with Gasteiger partial charge in [-0.25, -0.2) is 9.79 Å². The summed E-state index contributed by atoms with van der Waals surface area (Å²) < 4.78 is 18.9. The predicted molar refractivity (Wildman–Crippen MR) is 145 cm³/mol. The van der Waals surface area contributed by atoms with Gasteiger partial charge < -0.3 is 19.3 Å². The maximum absolute atomic E-state index is 13.7. The Morgan fingerprint density at radius 1 is 1.22 bits per heavy atom. The monoisotopic (exact) mass is 620 g/mol. The summed E-state index contributed by atoms with van der Waals surface area (Å²) in [5, 5.41) is 10.6. The van der Waals surface area contributed by atoms with E-state index in [9.17, 15) is 14.7 Å². The Morgan fingerprint density at radius 2 is 1.94 bits per heavy atom. The van der Waals surface area contributed by atoms with Crippen molar-refractivity contribution in [2.24, 2.45) is 4.99 Å². The molecule has 8 nitrogen and oxygen atoms in total. The molecular formula is C26H25IN2O6S. The van der Waals surface area contributed by atoms with E-state index in [0.717, 1.165) is 9.13 Å². The molecule has 36 heavy (non-hydrogen) atoms. The summed E-state index contributed by atoms with van der Waals surface area (Å²) in [6.07, 6.45) is 1.61. The molecule has 1 atom stereocenters. The molecular weight excluding hydrogens is 595 g/mol. The summed E-state index contributed by atoms with van der Waals surface area (Å²) in [4.78, 5) is 31.8. The number of carbonyl (C=O) groups is 1. The molecule has 0 fully saturated rings. The van der Waals surface area contributed by atoms with Crippen LogP contribution in [-0.2, 0) is 9.53 Å². The number of phenolic OH excluding ortho intramolecular Hbond substituents is 1. The lowest BCUT2D eigenvalue weighted by molar-refractivity contribution is -0.139. The van der Waals surface area contributed by atoms with Gasteiger partial charge in [0, 0.05) is 9.13 Å². The number of hydrogen-bond donors (Lipinski definition) is 1. The molecule has 0 amide bonds. The Balaban J connectivity index is 1.94. The topological polar surface area (TPSA) is 99.4 Å². The molecule has 0 radical (unpaired) electrons. The molecule has 0 bridgehead atoms. The van der Waals surface area contributed by atoms with Crippen LogP contribution >= 0.6 is 33.9 Å². The smallest absolute Gasteiger partial charge is 0.338 e. The van der Waals surface area contributed by atoms with E-state index in [0.29, 0.717) is 44.3 Å². The molecule has 0 saturated heterocycles. The van der Waals surface area contributed by atoms with E-state index in [4.69, 9.17) is 14.2 Å². The average molecular weight is 620 g/mol. The molecule has 10 heteroatoms. The number of methoxy groups -OCH3 is 1. The van der Waals surface area contributed by atoms with E-state index < -0.39 is 12.0 Å². The molecule has 1 aliphatic heterocycles. The Hall–Kier alpha value is -3.12. The number of benzene rings is 2. The molecule has 188 valence electrons. The fourth-order valence-electron chi connectivity index (χ4n) is 4.02. The van der Waals surface area contributed by atoms with Crippen LogP contribution in [0.3, 0.4) is 0 Å². The highest BCUT2D eigenvalue weighted by Crippen LogP contribution is 2.33. The Labute approximate surface area is 225 Å². The number of allylic oxidation sites excluding steroid dienone is 1. The fraction of sp³-hybridized carbons (Fsp3) is 0.269. The first kappa shape index (κ1) is 26.0. The molecule has 1 aromatic heterocycles. The van der Waals surface area contributed by atoms with Crippen LogP contribution in [0.1, 0.15) is 37.9 Å². The molecule has 0 unspecified atom stereocenters. The highest BCUT2D eigenvalue weighted by molar-refractivity contribution is 14.1. The van der Waals surface area contributed by atoms with Crippen LogP contribution in [0.5, 0.6) is 17.2 Å². The van der Waals surface area contributed by atoms with Gasteiger partial charge in [0.2, 0.25) is 0 Å². The Kier molecular flexibility index (Phi) is 7.84. The van der Waals surface area contributed by atoms with Crippen molar-refractivity contribution in [2.45, 2.75) is 26.8 Å². The van der Waals surface area contributed by atoms with Gasteiger partial charge in [0.25, 0.3) is 5.56 Å². The van der Waals surface area contributed by atoms with Crippen molar-refractivity contribution in [1.29, 1.82) is 0 Å². The van der Waals surface area contributed by atoms with Gasteiger partial charge in [-0.1, -0.05) is 23.5 Å². The van der Waals surface area contributed by atoms with Crippen LogP contribution in [0.2, 0.25) is 0 Å². The standard InChI is InChI=1S/C26H25IN2O6S/c1-5-34-18-9-7-15(8-10-18)22-21(25(32)35-6-2)14(3)28-26-29(22)24(31)20(36-26)12-16-11-17(27)13-19(33-4)23(16)30/h7-13,22,30H,5-6H2,1-4H3/b20-12-/t22-/m0/s1. The molecule has 3 aromatic rings. The predicted octanol–water partition coefficient (Wildman–Crippen LogP) is 3.52. The highest BCUT2D eigenvalue weighted by atomic mass is 127. The summed E-state index contributed by atoms with van der Waals surface area (Å²) in [6.45, 7) is 6.10. The Bertz CT molecular complexity index is 1520. The number of nitrogens with zero attached hydrogens (tertiary/aromatic N) is 2. The molecule has 4 rings (SSSR count). The second-order valence-electron chi connectivity index (χ2n) is 7.85. The second kappa shape index (κ2) is 10.9. The van der Waals surface area contributed by atoms with Gasteiger partial charge in [0.15, 0.2) is 16.3 Å². The quantitative estimate of drug-likeness (QED) is 0.321. The second-order valence-corrected chi connectivity index (χ2v) is 10.1. The number of halogens is 1. The van der Waals surface area contributed by atoms with Crippen molar-refractivity contribution >= 4 is 46.0 Å². The van der Waals surface area contributed by atoms with E-state index >= 15 is 0 Å². The van der Waals surface area contributed by atoms with Crippen LogP contribution in [-0.4, -0.2) is 36.0 Å². The first-order chi connectivity index (χ1) is 17.3. The highest BCUT2D eigenvalue weighted by Gasteiger charge is 2.33. The third-order valence-electron chi connectivity index (χ3n) is 5.60. The number of carbonyl (C=O) groups excluding carboxylic acids is 1. The van der Waals surface area contributed by atoms with E-state index in [-0.39, 0.29) is 17.9 Å². The van der Waals surface area contributed by atoms with Crippen molar-refractivity contribution in [1.82, 2.24) is 4.57 Å². The Morgan fingerprint density at radius 3 is 2.58 bits per heavy atom. The zero-order chi connectivity index (χ0) is 26.0. The lowest BCUT2D eigenvalue weighted by Crippen LogP contribution is -2.39. The normalized spacial score (nSPS) is 15.4. The number of fused-ring (bicyclic) bond motifs is 1. The van der Waals surface area contributed by atoms with Crippen LogP contribution in [0.15, 0.2) is 57.5 Å². The van der Waals surface area contributed by atoms with E-state index in [1.54, 1.807) is 32.1 Å². The zero-order valence-corrected chi connectivity index (χ0v) is 23.2. The number of phenols is 1. The number of thiazole rings is 1. The molecule has 0 saturated carbocycles. The first-order valence-corrected chi connectivity index (χ1v) is 13.2. The van der Waals surface area contributed by atoms with Crippen molar-refractivity contribution in [3.05, 3.63) is 82.1 Å². The van der Waals surface area contributed by atoms with Crippen molar-refractivity contribution in [3.8, 4) is 17.2 Å². The van der Waals surface area contributed by atoms with Crippen LogP contribution in [0.4, 0.5) is 0 Å². The molecule has 2 heterocycles. The lowest BCUT2D eigenvalue weighted by Gasteiger charge is -2.24. The van der Waals surface area contributed by atoms with Gasteiger partial charge in [-0.3, -0.25) is 9.36 Å². The summed E-state index contributed by atoms with van der Waals surface area (Å²) in [6, 6.07) is 10.0. The summed E-state index contributed by atoms with van der Waals surface area (Å²) >= 11 is 3.31. The van der Waals surface area contributed by atoms with Crippen LogP contribution < -0.4 is 24.4 Å². The number of hydrogen-bond acceptors (Lipinski definition) is 8. The summed E-state index contributed by atoms with van der Waals surface area (Å²) in [5.74, 6) is 0.422. The molecule has 1 aliphatic rings. The SMILES string of the molecule is CCOC(=O)C1=C(C)N=c2s/c(=C\c3cc(I)cc(OC)c3O)c(=O)n2[C@H]1c1ccc(OCC)cc1. The minimum Gasteiger partial charge on any atom is -0.504 e. The van der Waals surface area contributed by atoms with Gasteiger partial charge in [-0.2, -0.15) is 0 Å². The maximum atomic E-state index is 13.7. The van der Waals surface area contributed by atoms with Crippen LogP contribution in [0, 0.1) is 3.57 Å². The van der Waals surface area contributed by atoms with Crippen molar-refractivity contribution in [3.63, 3.8) is 0 Å². The van der Waals surface area contributed by atoms with Gasteiger partial charge >= 0.3 is 5.97 Å². The number of rotatable bonds is 7. The molecule has 1 N–H and O–H groups in total. The third-order valence-corrected chi connectivity index (χ3v) is 7.21. The number of aromatic hydroxyl groups is 1. The molecule has 0 spiro atoms. The number of ether oxygens (including phenoxy) is 3. The lowest BCUT2D eigenvalue weighted by atomic mass is 9.96. The van der Waals surface area contributed by atoms with Crippen LogP contribution in [0.25, 0.3) is 6.08 Å². The van der Waals surface area contributed by atoms with Crippen molar-refractivity contribution in [2.75, 3.05) is 20.3 Å². The number of aromatic nitrogens is 1. The fourth-order valence-corrected chi connectivity index (χ4v) is 5.68. The minimum absolute atomic E-state index is 0.0600. The van der Waals surface area contributed by atoms with Gasteiger partial charge in [-0.05, 0) is 79.3 Å². The summed E-state index contributed by atoms with van der Waals surface area (Å²) in [5.41, 5.74) is 1.63. The number of esters is 1. The maximum Gasteiger partial charge on any atom is 0.338 e. The molecule has 0 aliphatic carbocycles. The first-order valence-electron chi connectivity index (χ1n) is 11.3. The third kappa shape index (κ3) is 4.92. The van der Waals surface area contributed by atoms with E-state index in [1.807, 2.05) is 31.2 Å². The van der Waals surface area contributed by atoms with Crippen molar-refractivity contribution < 1.29 is 24.1 Å². The zero-order valence-electron chi connectivity index (χ0n) is 20.2. The average Bonchev–Trinajstić information content (AvgIpc) is 3.15. The van der Waals surface area contributed by atoms with Gasteiger partial charge in [0.1, 0.15) is 5.75 Å². The van der Waals surface area contributed by atoms with Gasteiger partial charge in [-0.15, -0.1) is 0 Å². The van der Waals surface area contributed by atoms with E-state index in [2.05, 4.69) is 27.6 Å². The minimum atomic E-state index is -0.725. The van der Waals surface area contributed by atoms with Gasteiger partial charge in [0.05, 0.1) is 42.2 Å². The van der Waals surface area contributed by atoms with E-state index in [1.165, 1.54) is 23.0 Å². The largest absolute Gasteiger partial charge is 0.504 e.